The molecule has 4 aromatic rings. The van der Waals surface area contributed by atoms with Gasteiger partial charge in [-0.3, -0.25) is 4.79 Å². The second kappa shape index (κ2) is 8.45. The number of carbonyl (C=O) groups is 1. The normalized spacial score (nSPS) is 10.5. The SMILES string of the molecule is O=C(Cc1ccc(O)cc1)Nc1ncc(-c2ccc(O)cc2)nc1-c1ccccc1. The van der Waals surface area contributed by atoms with Crippen molar-refractivity contribution in [2.45, 2.75) is 6.42 Å². The second-order valence-electron chi connectivity index (χ2n) is 6.76. The summed E-state index contributed by atoms with van der Waals surface area (Å²) in [4.78, 5) is 21.7. The van der Waals surface area contributed by atoms with Gasteiger partial charge in [0.15, 0.2) is 5.82 Å². The number of hydrogen-bond donors (Lipinski definition) is 3. The van der Waals surface area contributed by atoms with Crippen LogP contribution in [0.5, 0.6) is 11.5 Å². The van der Waals surface area contributed by atoms with Crippen molar-refractivity contribution in [1.82, 2.24) is 9.97 Å². The molecule has 0 saturated carbocycles. The summed E-state index contributed by atoms with van der Waals surface area (Å²) in [5, 5.41) is 21.8. The van der Waals surface area contributed by atoms with E-state index in [2.05, 4.69) is 10.3 Å². The summed E-state index contributed by atoms with van der Waals surface area (Å²) >= 11 is 0. The van der Waals surface area contributed by atoms with Gasteiger partial charge in [-0.2, -0.15) is 0 Å². The maximum absolute atomic E-state index is 12.6. The fraction of sp³-hybridized carbons (Fsp3) is 0.0417. The van der Waals surface area contributed by atoms with Crippen LogP contribution in [0.15, 0.2) is 85.1 Å². The molecule has 6 nitrogen and oxygen atoms in total. The third-order valence-electron chi connectivity index (χ3n) is 4.54. The molecule has 0 atom stereocenters. The van der Waals surface area contributed by atoms with Crippen molar-refractivity contribution < 1.29 is 15.0 Å². The van der Waals surface area contributed by atoms with Gasteiger partial charge in [0.05, 0.1) is 18.3 Å². The summed E-state index contributed by atoms with van der Waals surface area (Å²) < 4.78 is 0. The van der Waals surface area contributed by atoms with Crippen molar-refractivity contribution in [1.29, 1.82) is 0 Å². The molecule has 148 valence electrons. The van der Waals surface area contributed by atoms with E-state index >= 15 is 0 Å². The maximum Gasteiger partial charge on any atom is 0.230 e. The van der Waals surface area contributed by atoms with Gasteiger partial charge in [-0.1, -0.05) is 42.5 Å². The Morgan fingerprint density at radius 3 is 2.10 bits per heavy atom. The van der Waals surface area contributed by atoms with Crippen molar-refractivity contribution in [3.63, 3.8) is 0 Å². The van der Waals surface area contributed by atoms with Crippen LogP contribution < -0.4 is 5.32 Å². The van der Waals surface area contributed by atoms with E-state index in [1.807, 2.05) is 30.3 Å². The van der Waals surface area contributed by atoms with Crippen molar-refractivity contribution in [3.05, 3.63) is 90.6 Å². The molecule has 4 rings (SSSR count). The molecule has 0 fully saturated rings. The molecule has 0 bridgehead atoms. The number of anilines is 1. The van der Waals surface area contributed by atoms with Crippen LogP contribution >= 0.6 is 0 Å². The van der Waals surface area contributed by atoms with Gasteiger partial charge in [0, 0.05) is 11.1 Å². The molecule has 0 unspecified atom stereocenters. The number of hydrogen-bond acceptors (Lipinski definition) is 5. The zero-order chi connectivity index (χ0) is 20.9. The van der Waals surface area contributed by atoms with E-state index in [0.29, 0.717) is 17.2 Å². The molecule has 1 aromatic heterocycles. The van der Waals surface area contributed by atoms with Gasteiger partial charge in [0.25, 0.3) is 0 Å². The molecule has 1 heterocycles. The zero-order valence-electron chi connectivity index (χ0n) is 16.0. The predicted octanol–water partition coefficient (Wildman–Crippen LogP) is 4.40. The largest absolute Gasteiger partial charge is 0.508 e. The molecule has 3 N–H and O–H groups in total. The summed E-state index contributed by atoms with van der Waals surface area (Å²) in [5.74, 6) is 0.464. The van der Waals surface area contributed by atoms with Gasteiger partial charge >= 0.3 is 0 Å². The molecule has 0 aliphatic heterocycles. The van der Waals surface area contributed by atoms with E-state index in [9.17, 15) is 15.0 Å². The number of aromatic nitrogens is 2. The number of aromatic hydroxyl groups is 2. The summed E-state index contributed by atoms with van der Waals surface area (Å²) in [7, 11) is 0. The topological polar surface area (TPSA) is 95.3 Å². The number of carbonyl (C=O) groups excluding carboxylic acids is 1. The van der Waals surface area contributed by atoms with E-state index in [0.717, 1.165) is 16.7 Å². The summed E-state index contributed by atoms with van der Waals surface area (Å²) in [6.07, 6.45) is 1.74. The Morgan fingerprint density at radius 2 is 1.43 bits per heavy atom. The fourth-order valence-corrected chi connectivity index (χ4v) is 3.02. The standard InChI is InChI=1S/C24H19N3O3/c28-19-10-6-16(7-11-19)14-22(30)27-24-23(18-4-2-1-3-5-18)26-21(15-25-24)17-8-12-20(29)13-9-17/h1-13,15,28-29H,14H2,(H,25,27,30). The van der Waals surface area contributed by atoms with Crippen LogP contribution in [0.2, 0.25) is 0 Å². The van der Waals surface area contributed by atoms with E-state index in [4.69, 9.17) is 4.98 Å². The molecule has 0 spiro atoms. The lowest BCUT2D eigenvalue weighted by Gasteiger charge is -2.12. The zero-order valence-corrected chi connectivity index (χ0v) is 16.0. The van der Waals surface area contributed by atoms with E-state index in [-0.39, 0.29) is 23.8 Å². The first-order chi connectivity index (χ1) is 14.6. The highest BCUT2D eigenvalue weighted by Gasteiger charge is 2.14. The van der Waals surface area contributed by atoms with Gasteiger partial charge in [-0.05, 0) is 42.0 Å². The molecule has 30 heavy (non-hydrogen) atoms. The van der Waals surface area contributed by atoms with Crippen LogP contribution in [0.3, 0.4) is 0 Å². The minimum atomic E-state index is -0.232. The summed E-state index contributed by atoms with van der Waals surface area (Å²) in [6.45, 7) is 0. The van der Waals surface area contributed by atoms with Gasteiger partial charge in [0.2, 0.25) is 5.91 Å². The lowest BCUT2D eigenvalue weighted by atomic mass is 10.1. The number of rotatable bonds is 5. The molecule has 3 aromatic carbocycles. The first-order valence-electron chi connectivity index (χ1n) is 9.38. The third kappa shape index (κ3) is 4.44. The number of nitrogens with zero attached hydrogens (tertiary/aromatic N) is 2. The first kappa shape index (κ1) is 19.1. The Kier molecular flexibility index (Phi) is 5.39. The minimum Gasteiger partial charge on any atom is -0.508 e. The van der Waals surface area contributed by atoms with Crippen LogP contribution in [-0.4, -0.2) is 26.1 Å². The average Bonchev–Trinajstić information content (AvgIpc) is 2.77. The number of benzene rings is 3. The molecule has 0 radical (unpaired) electrons. The minimum absolute atomic E-state index is 0.149. The Bertz CT molecular complexity index is 1160. The van der Waals surface area contributed by atoms with Crippen LogP contribution in [-0.2, 0) is 11.2 Å². The van der Waals surface area contributed by atoms with E-state index < -0.39 is 0 Å². The molecule has 0 aliphatic carbocycles. The van der Waals surface area contributed by atoms with Crippen LogP contribution in [0.4, 0.5) is 5.82 Å². The lowest BCUT2D eigenvalue weighted by molar-refractivity contribution is -0.115. The van der Waals surface area contributed by atoms with Crippen LogP contribution in [0.1, 0.15) is 5.56 Å². The molecule has 6 heteroatoms. The van der Waals surface area contributed by atoms with Gasteiger partial charge in [-0.15, -0.1) is 0 Å². The molecule has 0 saturated heterocycles. The maximum atomic E-state index is 12.6. The first-order valence-corrected chi connectivity index (χ1v) is 9.38. The van der Waals surface area contributed by atoms with Crippen LogP contribution in [0, 0.1) is 0 Å². The third-order valence-corrected chi connectivity index (χ3v) is 4.54. The quantitative estimate of drug-likeness (QED) is 0.464. The second-order valence-corrected chi connectivity index (χ2v) is 6.76. The highest BCUT2D eigenvalue weighted by Crippen LogP contribution is 2.28. The van der Waals surface area contributed by atoms with Crippen molar-refractivity contribution >= 4 is 11.7 Å². The summed E-state index contributed by atoms with van der Waals surface area (Å²) in [5.41, 5.74) is 3.59. The molecular formula is C24H19N3O3. The molecule has 0 aliphatic rings. The Hall–Kier alpha value is -4.19. The molecule has 1 amide bonds. The number of nitrogens with one attached hydrogen (secondary N) is 1. The van der Waals surface area contributed by atoms with Crippen molar-refractivity contribution in [2.75, 3.05) is 5.32 Å². The highest BCUT2D eigenvalue weighted by molar-refractivity contribution is 5.94. The van der Waals surface area contributed by atoms with Gasteiger partial charge in [-0.25, -0.2) is 9.97 Å². The lowest BCUT2D eigenvalue weighted by Crippen LogP contribution is -2.16. The Morgan fingerprint density at radius 1 is 0.800 bits per heavy atom. The average molecular weight is 397 g/mol. The highest BCUT2D eigenvalue weighted by atomic mass is 16.3. The van der Waals surface area contributed by atoms with Gasteiger partial charge < -0.3 is 15.5 Å². The number of phenolic OH excluding ortho intramolecular Hbond substituents is 2. The monoisotopic (exact) mass is 397 g/mol. The molecular weight excluding hydrogens is 378 g/mol. The predicted molar refractivity (Wildman–Crippen MR) is 115 cm³/mol. The van der Waals surface area contributed by atoms with Crippen molar-refractivity contribution in [2.24, 2.45) is 0 Å². The van der Waals surface area contributed by atoms with Crippen molar-refractivity contribution in [3.8, 4) is 34.0 Å². The Balaban J connectivity index is 1.65. The van der Waals surface area contributed by atoms with Gasteiger partial charge in [0.1, 0.15) is 17.2 Å². The van der Waals surface area contributed by atoms with Crippen LogP contribution in [0.25, 0.3) is 22.5 Å². The Labute approximate surface area is 173 Å². The summed E-state index contributed by atoms with van der Waals surface area (Å²) in [6, 6.07) is 22.7. The van der Waals surface area contributed by atoms with E-state index in [1.54, 1.807) is 54.7 Å². The smallest absolute Gasteiger partial charge is 0.230 e. The number of amides is 1. The van der Waals surface area contributed by atoms with E-state index in [1.165, 1.54) is 0 Å². The fourth-order valence-electron chi connectivity index (χ4n) is 3.02. The number of phenols is 2.